The number of carbonyl (C=O) groups is 1. The van der Waals surface area contributed by atoms with Crippen molar-refractivity contribution in [2.75, 3.05) is 26.2 Å². The largest absolute Gasteiger partial charge is 0.394 e. The van der Waals surface area contributed by atoms with E-state index in [9.17, 15) is 4.79 Å². The number of likely N-dealkylation sites (N-methyl/N-ethyl adjacent to an activating group) is 1. The van der Waals surface area contributed by atoms with E-state index in [1.807, 2.05) is 6.92 Å². The van der Waals surface area contributed by atoms with E-state index in [1.54, 1.807) is 0 Å². The summed E-state index contributed by atoms with van der Waals surface area (Å²) >= 11 is 0. The SMILES string of the molecule is CCNCC(=O)NCC(O)CO. The fourth-order valence-corrected chi connectivity index (χ4v) is 0.597. The van der Waals surface area contributed by atoms with Crippen molar-refractivity contribution in [1.82, 2.24) is 10.6 Å². The number of aliphatic hydroxyl groups excluding tert-OH is 2. The van der Waals surface area contributed by atoms with Crippen LogP contribution in [0.25, 0.3) is 0 Å². The summed E-state index contributed by atoms with van der Waals surface area (Å²) in [5.41, 5.74) is 0. The zero-order valence-electron chi connectivity index (χ0n) is 7.21. The highest BCUT2D eigenvalue weighted by Crippen LogP contribution is 1.76. The molecule has 0 saturated carbocycles. The molecule has 1 amide bonds. The molecule has 0 aliphatic rings. The quantitative estimate of drug-likeness (QED) is 0.380. The predicted molar refractivity (Wildman–Crippen MR) is 44.6 cm³/mol. The molecule has 72 valence electrons. The normalized spacial score (nSPS) is 12.6. The predicted octanol–water partition coefficient (Wildman–Crippen LogP) is -1.93. The molecule has 5 nitrogen and oxygen atoms in total. The first kappa shape index (κ1) is 11.4. The number of hydrogen-bond donors (Lipinski definition) is 4. The molecule has 0 aromatic rings. The fourth-order valence-electron chi connectivity index (χ4n) is 0.597. The second kappa shape index (κ2) is 7.02. The second-order valence-corrected chi connectivity index (χ2v) is 2.42. The summed E-state index contributed by atoms with van der Waals surface area (Å²) in [6.07, 6.45) is -0.865. The minimum absolute atomic E-state index is 0.0979. The van der Waals surface area contributed by atoms with Crippen LogP contribution in [0.2, 0.25) is 0 Å². The lowest BCUT2D eigenvalue weighted by atomic mass is 10.4. The molecule has 0 aromatic heterocycles. The Bertz CT molecular complexity index is 130. The molecule has 5 heteroatoms. The van der Waals surface area contributed by atoms with Gasteiger partial charge in [0.05, 0.1) is 19.3 Å². The topological polar surface area (TPSA) is 81.6 Å². The highest BCUT2D eigenvalue weighted by Gasteiger charge is 2.03. The smallest absolute Gasteiger partial charge is 0.234 e. The molecule has 0 aliphatic carbocycles. The average molecular weight is 176 g/mol. The first-order valence-electron chi connectivity index (χ1n) is 3.97. The number of hydrogen-bond acceptors (Lipinski definition) is 4. The van der Waals surface area contributed by atoms with Crippen LogP contribution in [-0.4, -0.2) is 48.5 Å². The monoisotopic (exact) mass is 176 g/mol. The van der Waals surface area contributed by atoms with Gasteiger partial charge >= 0.3 is 0 Å². The Morgan fingerprint density at radius 1 is 1.58 bits per heavy atom. The van der Waals surface area contributed by atoms with Crippen molar-refractivity contribution in [3.8, 4) is 0 Å². The molecule has 0 bridgehead atoms. The Kier molecular flexibility index (Phi) is 6.64. The molecule has 0 rings (SSSR count). The molecule has 1 atom stereocenters. The summed E-state index contributed by atoms with van der Waals surface area (Å²) in [6, 6.07) is 0. The van der Waals surface area contributed by atoms with E-state index in [-0.39, 0.29) is 25.6 Å². The van der Waals surface area contributed by atoms with Gasteiger partial charge in [-0.15, -0.1) is 0 Å². The molecule has 12 heavy (non-hydrogen) atoms. The number of rotatable bonds is 6. The molecule has 0 heterocycles. The highest BCUT2D eigenvalue weighted by atomic mass is 16.3. The molecule has 0 aromatic carbocycles. The Morgan fingerprint density at radius 3 is 2.75 bits per heavy atom. The molecule has 0 fully saturated rings. The molecular formula is C7H16N2O3. The van der Waals surface area contributed by atoms with Gasteiger partial charge in [0.2, 0.25) is 5.91 Å². The second-order valence-electron chi connectivity index (χ2n) is 2.42. The van der Waals surface area contributed by atoms with Gasteiger partial charge in [-0.05, 0) is 6.54 Å². The maximum atomic E-state index is 10.9. The van der Waals surface area contributed by atoms with Gasteiger partial charge in [0.1, 0.15) is 0 Å². The summed E-state index contributed by atoms with van der Waals surface area (Å²) in [6.45, 7) is 2.64. The van der Waals surface area contributed by atoms with Crippen molar-refractivity contribution in [2.45, 2.75) is 13.0 Å². The number of amides is 1. The van der Waals surface area contributed by atoms with E-state index in [0.29, 0.717) is 0 Å². The summed E-state index contributed by atoms with van der Waals surface area (Å²) in [4.78, 5) is 10.9. The van der Waals surface area contributed by atoms with E-state index in [2.05, 4.69) is 10.6 Å². The molecule has 0 radical (unpaired) electrons. The fraction of sp³-hybridized carbons (Fsp3) is 0.857. The van der Waals surface area contributed by atoms with Gasteiger partial charge in [-0.1, -0.05) is 6.92 Å². The van der Waals surface area contributed by atoms with E-state index in [1.165, 1.54) is 0 Å². The van der Waals surface area contributed by atoms with Crippen LogP contribution in [0.4, 0.5) is 0 Å². The van der Waals surface area contributed by atoms with Crippen LogP contribution in [0.3, 0.4) is 0 Å². The van der Waals surface area contributed by atoms with Crippen LogP contribution in [-0.2, 0) is 4.79 Å². The maximum Gasteiger partial charge on any atom is 0.234 e. The third-order valence-electron chi connectivity index (χ3n) is 1.28. The van der Waals surface area contributed by atoms with Gasteiger partial charge in [0.15, 0.2) is 0 Å². The van der Waals surface area contributed by atoms with Crippen molar-refractivity contribution in [3.63, 3.8) is 0 Å². The molecule has 0 saturated heterocycles. The van der Waals surface area contributed by atoms with Crippen LogP contribution in [0.15, 0.2) is 0 Å². The van der Waals surface area contributed by atoms with Crippen molar-refractivity contribution >= 4 is 5.91 Å². The molecular weight excluding hydrogens is 160 g/mol. The van der Waals surface area contributed by atoms with Gasteiger partial charge in [-0.3, -0.25) is 4.79 Å². The first-order chi connectivity index (χ1) is 5.70. The van der Waals surface area contributed by atoms with Crippen LogP contribution in [0.5, 0.6) is 0 Å². The Balaban J connectivity index is 3.31. The minimum Gasteiger partial charge on any atom is -0.394 e. The number of nitrogens with one attached hydrogen (secondary N) is 2. The summed E-state index contributed by atoms with van der Waals surface area (Å²) in [5, 5.41) is 22.5. The molecule has 4 N–H and O–H groups in total. The van der Waals surface area contributed by atoms with Crippen LogP contribution < -0.4 is 10.6 Å². The van der Waals surface area contributed by atoms with Gasteiger partial charge in [0.25, 0.3) is 0 Å². The third-order valence-corrected chi connectivity index (χ3v) is 1.28. The van der Waals surface area contributed by atoms with Crippen LogP contribution in [0, 0.1) is 0 Å². The van der Waals surface area contributed by atoms with Gasteiger partial charge in [-0.25, -0.2) is 0 Å². The zero-order chi connectivity index (χ0) is 9.40. The lowest BCUT2D eigenvalue weighted by Gasteiger charge is -2.08. The maximum absolute atomic E-state index is 10.9. The lowest BCUT2D eigenvalue weighted by molar-refractivity contribution is -0.120. The van der Waals surface area contributed by atoms with Gasteiger partial charge in [0, 0.05) is 6.54 Å². The average Bonchev–Trinajstić information content (AvgIpc) is 2.10. The van der Waals surface area contributed by atoms with Gasteiger partial charge < -0.3 is 20.8 Å². The number of aliphatic hydroxyl groups is 2. The Morgan fingerprint density at radius 2 is 2.25 bits per heavy atom. The van der Waals surface area contributed by atoms with Crippen LogP contribution in [0.1, 0.15) is 6.92 Å². The van der Waals surface area contributed by atoms with Crippen molar-refractivity contribution in [1.29, 1.82) is 0 Å². The third kappa shape index (κ3) is 6.09. The Hall–Kier alpha value is -0.650. The van der Waals surface area contributed by atoms with E-state index < -0.39 is 6.10 Å². The first-order valence-corrected chi connectivity index (χ1v) is 3.97. The number of carbonyl (C=O) groups excluding carboxylic acids is 1. The van der Waals surface area contributed by atoms with Crippen molar-refractivity contribution in [2.24, 2.45) is 0 Å². The summed E-state index contributed by atoms with van der Waals surface area (Å²) in [7, 11) is 0. The standard InChI is InChI=1S/C7H16N2O3/c1-2-8-4-7(12)9-3-6(11)5-10/h6,8,10-11H,2-5H2,1H3,(H,9,12). The summed E-state index contributed by atoms with van der Waals surface area (Å²) in [5.74, 6) is -0.177. The van der Waals surface area contributed by atoms with Crippen LogP contribution >= 0.6 is 0 Å². The lowest BCUT2D eigenvalue weighted by Crippen LogP contribution is -2.39. The molecule has 1 unspecified atom stereocenters. The van der Waals surface area contributed by atoms with Crippen molar-refractivity contribution < 1.29 is 15.0 Å². The van der Waals surface area contributed by atoms with E-state index >= 15 is 0 Å². The van der Waals surface area contributed by atoms with Gasteiger partial charge in [-0.2, -0.15) is 0 Å². The van der Waals surface area contributed by atoms with E-state index in [0.717, 1.165) is 6.54 Å². The minimum atomic E-state index is -0.865. The zero-order valence-corrected chi connectivity index (χ0v) is 7.21. The summed E-state index contributed by atoms with van der Waals surface area (Å²) < 4.78 is 0. The molecule has 0 aliphatic heterocycles. The Labute approximate surface area is 71.8 Å². The van der Waals surface area contributed by atoms with E-state index in [4.69, 9.17) is 10.2 Å². The molecule has 0 spiro atoms. The highest BCUT2D eigenvalue weighted by molar-refractivity contribution is 5.77. The van der Waals surface area contributed by atoms with Crippen molar-refractivity contribution in [3.05, 3.63) is 0 Å².